The average molecular weight is 327 g/mol. The second kappa shape index (κ2) is 8.34. The van der Waals surface area contributed by atoms with Crippen LogP contribution in [-0.2, 0) is 17.9 Å². The number of hydrogen-bond donors (Lipinski definition) is 1. The lowest BCUT2D eigenvalue weighted by Gasteiger charge is -2.13. The molecule has 0 fully saturated rings. The van der Waals surface area contributed by atoms with Crippen molar-refractivity contribution in [2.45, 2.75) is 20.1 Å². The van der Waals surface area contributed by atoms with Gasteiger partial charge in [-0.1, -0.05) is 23.7 Å². The van der Waals surface area contributed by atoms with E-state index in [-0.39, 0.29) is 0 Å². The molecule has 0 aliphatic carbocycles. The molecule has 6 heteroatoms. The third kappa shape index (κ3) is 4.97. The standard InChI is InChI=1S/C15H19ClN2O2S/c1-11-10-21-14(18-11)9-20-15-12(4-3-5-13(15)16)8-17-6-7-19-2/h3-5,10,17H,6-9H2,1-2H3. The Morgan fingerprint density at radius 3 is 2.95 bits per heavy atom. The van der Waals surface area contributed by atoms with E-state index in [1.54, 1.807) is 18.4 Å². The van der Waals surface area contributed by atoms with Crippen LogP contribution >= 0.6 is 22.9 Å². The van der Waals surface area contributed by atoms with Crippen molar-refractivity contribution >= 4 is 22.9 Å². The minimum atomic E-state index is 0.438. The van der Waals surface area contributed by atoms with E-state index in [9.17, 15) is 0 Å². The van der Waals surface area contributed by atoms with Crippen molar-refractivity contribution in [2.75, 3.05) is 20.3 Å². The Morgan fingerprint density at radius 1 is 1.38 bits per heavy atom. The molecule has 1 aromatic carbocycles. The maximum absolute atomic E-state index is 6.25. The molecule has 0 unspecified atom stereocenters. The van der Waals surface area contributed by atoms with E-state index in [1.807, 2.05) is 30.5 Å². The smallest absolute Gasteiger partial charge is 0.143 e. The molecule has 21 heavy (non-hydrogen) atoms. The van der Waals surface area contributed by atoms with Gasteiger partial charge in [0.2, 0.25) is 0 Å². The van der Waals surface area contributed by atoms with E-state index in [2.05, 4.69) is 10.3 Å². The molecule has 1 N–H and O–H groups in total. The number of para-hydroxylation sites is 1. The van der Waals surface area contributed by atoms with Crippen LogP contribution in [0, 0.1) is 6.92 Å². The summed E-state index contributed by atoms with van der Waals surface area (Å²) in [6.45, 7) is 4.56. The molecule has 0 aliphatic heterocycles. The molecule has 2 rings (SSSR count). The maximum Gasteiger partial charge on any atom is 0.143 e. The number of ether oxygens (including phenoxy) is 2. The Morgan fingerprint density at radius 2 is 2.24 bits per heavy atom. The highest BCUT2D eigenvalue weighted by molar-refractivity contribution is 7.09. The zero-order chi connectivity index (χ0) is 15.1. The van der Waals surface area contributed by atoms with Crippen molar-refractivity contribution in [3.63, 3.8) is 0 Å². The highest BCUT2D eigenvalue weighted by Gasteiger charge is 2.09. The summed E-state index contributed by atoms with van der Waals surface area (Å²) in [4.78, 5) is 4.39. The first-order valence-electron chi connectivity index (χ1n) is 6.71. The summed E-state index contributed by atoms with van der Waals surface area (Å²) in [6.07, 6.45) is 0. The summed E-state index contributed by atoms with van der Waals surface area (Å²) in [5.41, 5.74) is 2.05. The van der Waals surface area contributed by atoms with Crippen LogP contribution in [0.3, 0.4) is 0 Å². The predicted octanol–water partition coefficient (Wildman–Crippen LogP) is 3.42. The van der Waals surface area contributed by atoms with Gasteiger partial charge in [0, 0.05) is 36.8 Å². The van der Waals surface area contributed by atoms with Crippen LogP contribution in [0.5, 0.6) is 5.75 Å². The minimum absolute atomic E-state index is 0.438. The molecule has 0 aliphatic rings. The molecule has 4 nitrogen and oxygen atoms in total. The Balaban J connectivity index is 1.99. The zero-order valence-electron chi connectivity index (χ0n) is 12.2. The highest BCUT2D eigenvalue weighted by Crippen LogP contribution is 2.29. The summed E-state index contributed by atoms with van der Waals surface area (Å²) in [5.74, 6) is 0.719. The molecule has 0 saturated heterocycles. The van der Waals surface area contributed by atoms with Gasteiger partial charge in [-0.15, -0.1) is 11.3 Å². The van der Waals surface area contributed by atoms with Crippen molar-refractivity contribution in [1.29, 1.82) is 0 Å². The van der Waals surface area contributed by atoms with Gasteiger partial charge in [0.1, 0.15) is 17.4 Å². The molecule has 2 aromatic rings. The average Bonchev–Trinajstić information content (AvgIpc) is 2.88. The number of benzene rings is 1. The first kappa shape index (κ1) is 16.2. The van der Waals surface area contributed by atoms with Gasteiger partial charge in [0.15, 0.2) is 0 Å². The quantitative estimate of drug-likeness (QED) is 0.755. The molecule has 1 aromatic heterocycles. The van der Waals surface area contributed by atoms with E-state index in [0.29, 0.717) is 24.8 Å². The minimum Gasteiger partial charge on any atom is -0.485 e. The van der Waals surface area contributed by atoms with Crippen LogP contribution in [0.15, 0.2) is 23.6 Å². The van der Waals surface area contributed by atoms with Gasteiger partial charge < -0.3 is 14.8 Å². The van der Waals surface area contributed by atoms with Gasteiger partial charge in [-0.05, 0) is 13.0 Å². The van der Waals surface area contributed by atoms with Crippen LogP contribution < -0.4 is 10.1 Å². The van der Waals surface area contributed by atoms with Gasteiger partial charge in [-0.25, -0.2) is 4.98 Å². The second-order valence-corrected chi connectivity index (χ2v) is 5.92. The van der Waals surface area contributed by atoms with E-state index < -0.39 is 0 Å². The molecular weight excluding hydrogens is 308 g/mol. The molecule has 0 bridgehead atoms. The van der Waals surface area contributed by atoms with Gasteiger partial charge in [-0.2, -0.15) is 0 Å². The topological polar surface area (TPSA) is 43.4 Å². The number of aromatic nitrogens is 1. The molecular formula is C15H19ClN2O2S. The van der Waals surface area contributed by atoms with Crippen LogP contribution in [0.2, 0.25) is 5.02 Å². The fraction of sp³-hybridized carbons (Fsp3) is 0.400. The molecule has 0 amide bonds. The van der Waals surface area contributed by atoms with Crippen molar-refractivity contribution in [3.8, 4) is 5.75 Å². The lowest BCUT2D eigenvalue weighted by Crippen LogP contribution is -2.19. The third-order valence-corrected chi connectivity index (χ3v) is 4.09. The summed E-state index contributed by atoms with van der Waals surface area (Å²) in [6, 6.07) is 5.77. The van der Waals surface area contributed by atoms with E-state index in [0.717, 1.165) is 28.6 Å². The maximum atomic E-state index is 6.25. The van der Waals surface area contributed by atoms with Crippen molar-refractivity contribution in [1.82, 2.24) is 10.3 Å². The van der Waals surface area contributed by atoms with Crippen LogP contribution in [-0.4, -0.2) is 25.2 Å². The van der Waals surface area contributed by atoms with Crippen LogP contribution in [0.1, 0.15) is 16.3 Å². The summed E-state index contributed by atoms with van der Waals surface area (Å²) in [7, 11) is 1.69. The first-order valence-corrected chi connectivity index (χ1v) is 7.97. The fourth-order valence-electron chi connectivity index (χ4n) is 1.85. The van der Waals surface area contributed by atoms with Gasteiger partial charge in [-0.3, -0.25) is 0 Å². The monoisotopic (exact) mass is 326 g/mol. The summed E-state index contributed by atoms with van der Waals surface area (Å²) >= 11 is 7.84. The lowest BCUT2D eigenvalue weighted by molar-refractivity contribution is 0.199. The SMILES string of the molecule is COCCNCc1cccc(Cl)c1OCc1nc(C)cs1. The predicted molar refractivity (Wildman–Crippen MR) is 86.2 cm³/mol. The number of nitrogens with zero attached hydrogens (tertiary/aromatic N) is 1. The lowest BCUT2D eigenvalue weighted by atomic mass is 10.2. The Bertz CT molecular complexity index is 575. The van der Waals surface area contributed by atoms with Crippen LogP contribution in [0.4, 0.5) is 0 Å². The molecule has 0 saturated carbocycles. The zero-order valence-corrected chi connectivity index (χ0v) is 13.8. The number of rotatable bonds is 8. The van der Waals surface area contributed by atoms with Gasteiger partial charge >= 0.3 is 0 Å². The first-order chi connectivity index (χ1) is 10.2. The number of halogens is 1. The van der Waals surface area contributed by atoms with Crippen molar-refractivity contribution in [3.05, 3.63) is 44.9 Å². The Labute approximate surface area is 134 Å². The van der Waals surface area contributed by atoms with Gasteiger partial charge in [0.25, 0.3) is 0 Å². The number of thiazole rings is 1. The normalized spacial score (nSPS) is 10.8. The van der Waals surface area contributed by atoms with Gasteiger partial charge in [0.05, 0.1) is 11.6 Å². The summed E-state index contributed by atoms with van der Waals surface area (Å²) in [5, 5.41) is 6.88. The Kier molecular flexibility index (Phi) is 6.45. The second-order valence-electron chi connectivity index (χ2n) is 4.57. The molecule has 114 valence electrons. The van der Waals surface area contributed by atoms with Crippen LogP contribution in [0.25, 0.3) is 0 Å². The number of aryl methyl sites for hydroxylation is 1. The highest BCUT2D eigenvalue weighted by atomic mass is 35.5. The number of methoxy groups -OCH3 is 1. The largest absolute Gasteiger partial charge is 0.485 e. The fourth-order valence-corrected chi connectivity index (χ4v) is 2.79. The Hall–Kier alpha value is -1.14. The molecule has 1 heterocycles. The van der Waals surface area contributed by atoms with E-state index in [4.69, 9.17) is 21.1 Å². The summed E-state index contributed by atoms with van der Waals surface area (Å²) < 4.78 is 10.9. The molecule has 0 atom stereocenters. The van der Waals surface area contributed by atoms with E-state index >= 15 is 0 Å². The number of hydrogen-bond acceptors (Lipinski definition) is 5. The van der Waals surface area contributed by atoms with Crippen molar-refractivity contribution in [2.24, 2.45) is 0 Å². The third-order valence-electron chi connectivity index (χ3n) is 2.85. The number of nitrogens with one attached hydrogen (secondary N) is 1. The van der Waals surface area contributed by atoms with E-state index in [1.165, 1.54) is 0 Å². The molecule has 0 spiro atoms. The molecule has 0 radical (unpaired) electrons. The van der Waals surface area contributed by atoms with Crippen molar-refractivity contribution < 1.29 is 9.47 Å².